The average Bonchev–Trinajstić information content (AvgIpc) is 2.79. The third-order valence-electron chi connectivity index (χ3n) is 4.29. The maximum absolute atomic E-state index is 12.4. The van der Waals surface area contributed by atoms with E-state index in [0.29, 0.717) is 17.9 Å². The summed E-state index contributed by atoms with van der Waals surface area (Å²) in [6.45, 7) is 0.379. The van der Waals surface area contributed by atoms with Crippen LogP contribution in [0.3, 0.4) is 0 Å². The van der Waals surface area contributed by atoms with Crippen molar-refractivity contribution in [3.8, 4) is 11.3 Å². The van der Waals surface area contributed by atoms with Gasteiger partial charge in [-0.1, -0.05) is 42.5 Å². The third-order valence-corrected chi connectivity index (χ3v) is 4.29. The number of hydrogen-bond acceptors (Lipinski definition) is 5. The molecule has 2 N–H and O–H groups in total. The molecule has 0 saturated carbocycles. The van der Waals surface area contributed by atoms with Crippen molar-refractivity contribution in [1.29, 1.82) is 0 Å². The second-order valence-electron chi connectivity index (χ2n) is 6.38. The van der Waals surface area contributed by atoms with Crippen molar-refractivity contribution in [2.75, 3.05) is 5.32 Å². The number of anilines is 2. The van der Waals surface area contributed by atoms with Crippen molar-refractivity contribution in [3.05, 3.63) is 102 Å². The smallest absolute Gasteiger partial charge is 0.251 e. The van der Waals surface area contributed by atoms with Crippen LogP contribution in [0, 0.1) is 0 Å². The molecule has 2 heterocycles. The monoisotopic (exact) mass is 381 g/mol. The Kier molecular flexibility index (Phi) is 5.53. The van der Waals surface area contributed by atoms with E-state index in [4.69, 9.17) is 0 Å². The Balaban J connectivity index is 1.41. The summed E-state index contributed by atoms with van der Waals surface area (Å²) in [4.78, 5) is 16.6. The van der Waals surface area contributed by atoms with E-state index >= 15 is 0 Å². The second kappa shape index (κ2) is 8.75. The molecule has 4 aromatic rings. The normalized spacial score (nSPS) is 10.3. The van der Waals surface area contributed by atoms with Gasteiger partial charge in [0.2, 0.25) is 0 Å². The Morgan fingerprint density at radius 1 is 0.828 bits per heavy atom. The number of carbonyl (C=O) groups excluding carboxylic acids is 1. The van der Waals surface area contributed by atoms with Crippen LogP contribution >= 0.6 is 0 Å². The van der Waals surface area contributed by atoms with Gasteiger partial charge in [0.1, 0.15) is 0 Å². The van der Waals surface area contributed by atoms with Crippen LogP contribution in [-0.2, 0) is 6.54 Å². The Labute approximate surface area is 168 Å². The number of nitrogens with zero attached hydrogens (tertiary/aromatic N) is 3. The van der Waals surface area contributed by atoms with Crippen LogP contribution in [-0.4, -0.2) is 21.1 Å². The minimum absolute atomic E-state index is 0.162. The molecule has 0 atom stereocenters. The highest BCUT2D eigenvalue weighted by Gasteiger charge is 2.07. The molecule has 0 spiro atoms. The Hall–Kier alpha value is -4.06. The van der Waals surface area contributed by atoms with E-state index in [1.54, 1.807) is 18.3 Å². The molecule has 0 saturated heterocycles. The van der Waals surface area contributed by atoms with Gasteiger partial charge in [0.05, 0.1) is 17.9 Å². The zero-order valence-corrected chi connectivity index (χ0v) is 15.6. The third kappa shape index (κ3) is 4.81. The number of rotatable bonds is 6. The first kappa shape index (κ1) is 18.3. The van der Waals surface area contributed by atoms with Gasteiger partial charge in [-0.25, -0.2) is 0 Å². The van der Waals surface area contributed by atoms with Crippen LogP contribution in [0.2, 0.25) is 0 Å². The SMILES string of the molecule is O=C(NCc1ccccn1)c1cccc(Nc2ccc(-c3ccccc3)nn2)c1. The predicted molar refractivity (Wildman–Crippen MR) is 113 cm³/mol. The predicted octanol–water partition coefficient (Wildman–Crippen LogP) is 4.21. The van der Waals surface area contributed by atoms with Crippen LogP contribution < -0.4 is 10.6 Å². The van der Waals surface area contributed by atoms with Crippen molar-refractivity contribution in [2.24, 2.45) is 0 Å². The zero-order chi connectivity index (χ0) is 19.9. The molecule has 0 aliphatic heterocycles. The molecule has 2 aromatic heterocycles. The quantitative estimate of drug-likeness (QED) is 0.523. The molecular formula is C23H19N5O. The lowest BCUT2D eigenvalue weighted by atomic mass is 10.1. The maximum atomic E-state index is 12.4. The molecule has 0 radical (unpaired) electrons. The van der Waals surface area contributed by atoms with Crippen LogP contribution in [0.4, 0.5) is 11.5 Å². The van der Waals surface area contributed by atoms with E-state index in [1.807, 2.05) is 72.8 Å². The summed E-state index contributed by atoms with van der Waals surface area (Å²) in [7, 11) is 0. The minimum Gasteiger partial charge on any atom is -0.346 e. The number of benzene rings is 2. The largest absolute Gasteiger partial charge is 0.346 e. The Morgan fingerprint density at radius 2 is 1.69 bits per heavy atom. The molecule has 2 aromatic carbocycles. The van der Waals surface area contributed by atoms with Gasteiger partial charge in [-0.2, -0.15) is 0 Å². The molecule has 6 heteroatoms. The van der Waals surface area contributed by atoms with Gasteiger partial charge in [0.15, 0.2) is 5.82 Å². The van der Waals surface area contributed by atoms with Gasteiger partial charge < -0.3 is 10.6 Å². The molecule has 0 unspecified atom stereocenters. The molecule has 0 bridgehead atoms. The van der Waals surface area contributed by atoms with Gasteiger partial charge in [0, 0.05) is 23.0 Å². The zero-order valence-electron chi connectivity index (χ0n) is 15.6. The fraction of sp³-hybridized carbons (Fsp3) is 0.0435. The molecular weight excluding hydrogens is 362 g/mol. The first-order chi connectivity index (χ1) is 14.3. The number of carbonyl (C=O) groups is 1. The molecule has 6 nitrogen and oxygen atoms in total. The highest BCUT2D eigenvalue weighted by Crippen LogP contribution is 2.19. The standard InChI is InChI=1S/C23H19N5O/c29-23(25-16-20-10-4-5-14-24-20)18-9-6-11-19(15-18)26-22-13-12-21(27-28-22)17-7-2-1-3-8-17/h1-15H,16H2,(H,25,29)(H,26,28). The summed E-state index contributed by atoms with van der Waals surface area (Å²) in [6, 6.07) is 26.5. The van der Waals surface area contributed by atoms with Crippen LogP contribution in [0.15, 0.2) is 91.1 Å². The van der Waals surface area contributed by atoms with Gasteiger partial charge in [-0.15, -0.1) is 10.2 Å². The van der Waals surface area contributed by atoms with Crippen LogP contribution in [0.5, 0.6) is 0 Å². The van der Waals surface area contributed by atoms with Gasteiger partial charge in [-0.3, -0.25) is 9.78 Å². The molecule has 0 aliphatic rings. The fourth-order valence-corrected chi connectivity index (χ4v) is 2.82. The summed E-state index contributed by atoms with van der Waals surface area (Å²) < 4.78 is 0. The van der Waals surface area contributed by atoms with Crippen molar-refractivity contribution < 1.29 is 4.79 Å². The number of amides is 1. The molecule has 1 amide bonds. The number of aromatic nitrogens is 3. The lowest BCUT2D eigenvalue weighted by Gasteiger charge is -2.09. The lowest BCUT2D eigenvalue weighted by molar-refractivity contribution is 0.0950. The van der Waals surface area contributed by atoms with Crippen LogP contribution in [0.1, 0.15) is 16.1 Å². The second-order valence-corrected chi connectivity index (χ2v) is 6.38. The number of nitrogens with one attached hydrogen (secondary N) is 2. The number of pyridine rings is 1. The Morgan fingerprint density at radius 3 is 2.45 bits per heavy atom. The van der Waals surface area contributed by atoms with E-state index in [0.717, 1.165) is 22.6 Å². The summed E-state index contributed by atoms with van der Waals surface area (Å²) in [5, 5.41) is 14.6. The molecule has 29 heavy (non-hydrogen) atoms. The van der Waals surface area contributed by atoms with Crippen molar-refractivity contribution in [1.82, 2.24) is 20.5 Å². The topological polar surface area (TPSA) is 79.8 Å². The van der Waals surface area contributed by atoms with E-state index in [2.05, 4.69) is 25.8 Å². The van der Waals surface area contributed by atoms with E-state index in [-0.39, 0.29) is 5.91 Å². The van der Waals surface area contributed by atoms with Crippen molar-refractivity contribution in [3.63, 3.8) is 0 Å². The first-order valence-corrected chi connectivity index (χ1v) is 9.22. The summed E-state index contributed by atoms with van der Waals surface area (Å²) in [5.41, 5.74) is 3.94. The fourth-order valence-electron chi connectivity index (χ4n) is 2.82. The van der Waals surface area contributed by atoms with E-state index in [9.17, 15) is 4.79 Å². The Bertz CT molecular complexity index is 1080. The number of hydrogen-bond donors (Lipinski definition) is 2. The summed E-state index contributed by atoms with van der Waals surface area (Å²) >= 11 is 0. The molecule has 4 rings (SSSR count). The molecule has 0 fully saturated rings. The van der Waals surface area contributed by atoms with Gasteiger partial charge in [0.25, 0.3) is 5.91 Å². The highest BCUT2D eigenvalue weighted by molar-refractivity contribution is 5.95. The highest BCUT2D eigenvalue weighted by atomic mass is 16.1. The van der Waals surface area contributed by atoms with Crippen molar-refractivity contribution >= 4 is 17.4 Å². The molecule has 0 aliphatic carbocycles. The molecule has 142 valence electrons. The van der Waals surface area contributed by atoms with Gasteiger partial charge >= 0.3 is 0 Å². The maximum Gasteiger partial charge on any atom is 0.251 e. The van der Waals surface area contributed by atoms with E-state index in [1.165, 1.54) is 0 Å². The minimum atomic E-state index is -0.162. The summed E-state index contributed by atoms with van der Waals surface area (Å²) in [5.74, 6) is 0.445. The van der Waals surface area contributed by atoms with Crippen molar-refractivity contribution in [2.45, 2.75) is 6.54 Å². The van der Waals surface area contributed by atoms with E-state index < -0.39 is 0 Å². The summed E-state index contributed by atoms with van der Waals surface area (Å²) in [6.07, 6.45) is 1.70. The first-order valence-electron chi connectivity index (χ1n) is 9.22. The lowest BCUT2D eigenvalue weighted by Crippen LogP contribution is -2.23. The van der Waals surface area contributed by atoms with Crippen LogP contribution in [0.25, 0.3) is 11.3 Å². The van der Waals surface area contributed by atoms with Gasteiger partial charge in [-0.05, 0) is 42.5 Å². The average molecular weight is 381 g/mol.